The molecule has 1 aromatic heterocycles. The van der Waals surface area contributed by atoms with Crippen molar-refractivity contribution in [2.45, 2.75) is 12.5 Å². The number of benzene rings is 1. The van der Waals surface area contributed by atoms with Crippen molar-refractivity contribution in [3.63, 3.8) is 0 Å². The SMILES string of the molecule is OC(COc1ccccc1)Cc1nccs1. The third kappa shape index (κ3) is 3.32. The predicted octanol–water partition coefficient (Wildman–Crippen LogP) is 2.13. The van der Waals surface area contributed by atoms with Crippen LogP contribution in [0.2, 0.25) is 0 Å². The molecule has 0 radical (unpaired) electrons. The van der Waals surface area contributed by atoms with E-state index in [-0.39, 0.29) is 0 Å². The minimum atomic E-state index is -0.508. The Morgan fingerprint density at radius 3 is 2.81 bits per heavy atom. The van der Waals surface area contributed by atoms with E-state index >= 15 is 0 Å². The second kappa shape index (κ2) is 5.63. The van der Waals surface area contributed by atoms with Crippen molar-refractivity contribution in [1.29, 1.82) is 0 Å². The molecule has 16 heavy (non-hydrogen) atoms. The summed E-state index contributed by atoms with van der Waals surface area (Å²) in [4.78, 5) is 4.11. The van der Waals surface area contributed by atoms with Gasteiger partial charge >= 0.3 is 0 Å². The number of aliphatic hydroxyl groups is 1. The Bertz CT molecular complexity index is 402. The fourth-order valence-corrected chi connectivity index (χ4v) is 2.01. The highest BCUT2D eigenvalue weighted by atomic mass is 32.1. The van der Waals surface area contributed by atoms with Crippen LogP contribution in [0.15, 0.2) is 41.9 Å². The summed E-state index contributed by atoms with van der Waals surface area (Å²) in [5.41, 5.74) is 0. The Balaban J connectivity index is 1.78. The van der Waals surface area contributed by atoms with Crippen molar-refractivity contribution in [3.8, 4) is 5.75 Å². The zero-order valence-electron chi connectivity index (χ0n) is 8.74. The number of hydrogen-bond acceptors (Lipinski definition) is 4. The molecule has 4 heteroatoms. The lowest BCUT2D eigenvalue weighted by Crippen LogP contribution is -2.20. The molecule has 84 valence electrons. The fraction of sp³-hybridized carbons (Fsp3) is 0.250. The lowest BCUT2D eigenvalue weighted by Gasteiger charge is -2.10. The summed E-state index contributed by atoms with van der Waals surface area (Å²) in [6, 6.07) is 9.48. The van der Waals surface area contributed by atoms with Crippen LogP contribution < -0.4 is 4.74 Å². The number of nitrogens with zero attached hydrogens (tertiary/aromatic N) is 1. The van der Waals surface area contributed by atoms with Gasteiger partial charge in [-0.1, -0.05) is 18.2 Å². The van der Waals surface area contributed by atoms with Gasteiger partial charge in [-0.05, 0) is 12.1 Å². The number of para-hydroxylation sites is 1. The zero-order chi connectivity index (χ0) is 11.2. The smallest absolute Gasteiger partial charge is 0.119 e. The van der Waals surface area contributed by atoms with Crippen molar-refractivity contribution in [1.82, 2.24) is 4.98 Å². The van der Waals surface area contributed by atoms with Gasteiger partial charge in [-0.25, -0.2) is 4.98 Å². The Labute approximate surface area is 98.4 Å². The molecule has 0 amide bonds. The van der Waals surface area contributed by atoms with E-state index in [4.69, 9.17) is 4.74 Å². The largest absolute Gasteiger partial charge is 0.491 e. The average molecular weight is 235 g/mol. The van der Waals surface area contributed by atoms with Crippen LogP contribution in [0, 0.1) is 0 Å². The number of ether oxygens (including phenoxy) is 1. The van der Waals surface area contributed by atoms with Gasteiger partial charge in [0.05, 0.1) is 11.1 Å². The number of rotatable bonds is 5. The number of thiazole rings is 1. The molecule has 2 rings (SSSR count). The van der Waals surface area contributed by atoms with Crippen molar-refractivity contribution >= 4 is 11.3 Å². The summed E-state index contributed by atoms with van der Waals surface area (Å²) in [5, 5.41) is 12.6. The standard InChI is InChI=1S/C12H13NO2S/c14-10(8-12-13-6-7-16-12)9-15-11-4-2-1-3-5-11/h1-7,10,14H,8-9H2. The molecule has 0 aliphatic carbocycles. The lowest BCUT2D eigenvalue weighted by molar-refractivity contribution is 0.107. The first kappa shape index (κ1) is 11.1. The summed E-state index contributed by atoms with van der Waals surface area (Å²) in [7, 11) is 0. The Kier molecular flexibility index (Phi) is 3.91. The first-order valence-electron chi connectivity index (χ1n) is 5.09. The third-order valence-electron chi connectivity index (χ3n) is 2.08. The van der Waals surface area contributed by atoms with Gasteiger partial charge in [0.1, 0.15) is 12.4 Å². The molecular weight excluding hydrogens is 222 g/mol. The maximum atomic E-state index is 9.72. The first-order chi connectivity index (χ1) is 7.84. The van der Waals surface area contributed by atoms with E-state index in [1.165, 1.54) is 0 Å². The van der Waals surface area contributed by atoms with Crippen LogP contribution in [-0.4, -0.2) is 22.8 Å². The zero-order valence-corrected chi connectivity index (χ0v) is 9.56. The molecule has 0 saturated heterocycles. The summed E-state index contributed by atoms with van der Waals surface area (Å²) in [6.07, 6.45) is 1.78. The average Bonchev–Trinajstić information content (AvgIpc) is 2.81. The van der Waals surface area contributed by atoms with Crippen molar-refractivity contribution in [3.05, 3.63) is 46.9 Å². The molecule has 1 aromatic carbocycles. The highest BCUT2D eigenvalue weighted by Gasteiger charge is 2.08. The fourth-order valence-electron chi connectivity index (χ4n) is 1.32. The van der Waals surface area contributed by atoms with E-state index in [0.29, 0.717) is 13.0 Å². The van der Waals surface area contributed by atoms with Gasteiger partial charge in [-0.2, -0.15) is 0 Å². The molecule has 0 bridgehead atoms. The van der Waals surface area contributed by atoms with Crippen LogP contribution in [0.25, 0.3) is 0 Å². The highest BCUT2D eigenvalue weighted by Crippen LogP contribution is 2.11. The molecule has 0 saturated carbocycles. The van der Waals surface area contributed by atoms with Gasteiger partial charge in [0.25, 0.3) is 0 Å². The van der Waals surface area contributed by atoms with Crippen LogP contribution in [0.5, 0.6) is 5.75 Å². The molecule has 1 unspecified atom stereocenters. The Morgan fingerprint density at radius 2 is 2.12 bits per heavy atom. The van der Waals surface area contributed by atoms with Gasteiger partial charge < -0.3 is 9.84 Å². The number of hydrogen-bond donors (Lipinski definition) is 1. The van der Waals surface area contributed by atoms with Crippen LogP contribution in [-0.2, 0) is 6.42 Å². The van der Waals surface area contributed by atoms with E-state index in [9.17, 15) is 5.11 Å². The van der Waals surface area contributed by atoms with Crippen LogP contribution in [0.4, 0.5) is 0 Å². The van der Waals surface area contributed by atoms with E-state index in [1.807, 2.05) is 35.7 Å². The first-order valence-corrected chi connectivity index (χ1v) is 5.97. The van der Waals surface area contributed by atoms with E-state index in [1.54, 1.807) is 17.5 Å². The van der Waals surface area contributed by atoms with Gasteiger partial charge in [0, 0.05) is 18.0 Å². The van der Waals surface area contributed by atoms with Crippen molar-refractivity contribution in [2.75, 3.05) is 6.61 Å². The Morgan fingerprint density at radius 1 is 1.31 bits per heavy atom. The number of aromatic nitrogens is 1. The predicted molar refractivity (Wildman–Crippen MR) is 63.8 cm³/mol. The topological polar surface area (TPSA) is 42.4 Å². The number of aliphatic hydroxyl groups excluding tert-OH is 1. The molecule has 1 N–H and O–H groups in total. The van der Waals surface area contributed by atoms with Crippen molar-refractivity contribution in [2.24, 2.45) is 0 Å². The lowest BCUT2D eigenvalue weighted by atomic mass is 10.3. The Hall–Kier alpha value is -1.39. The van der Waals surface area contributed by atoms with Crippen LogP contribution in [0.1, 0.15) is 5.01 Å². The normalized spacial score (nSPS) is 12.3. The maximum absolute atomic E-state index is 9.72. The van der Waals surface area contributed by atoms with Gasteiger partial charge in [-0.3, -0.25) is 0 Å². The minimum absolute atomic E-state index is 0.295. The van der Waals surface area contributed by atoms with Gasteiger partial charge in [0.15, 0.2) is 0 Å². The second-order valence-electron chi connectivity index (χ2n) is 3.41. The highest BCUT2D eigenvalue weighted by molar-refractivity contribution is 7.09. The molecule has 3 nitrogen and oxygen atoms in total. The van der Waals surface area contributed by atoms with E-state index in [0.717, 1.165) is 10.8 Å². The molecule has 0 spiro atoms. The van der Waals surface area contributed by atoms with Crippen molar-refractivity contribution < 1.29 is 9.84 Å². The van der Waals surface area contributed by atoms with Gasteiger partial charge in [-0.15, -0.1) is 11.3 Å². The third-order valence-corrected chi connectivity index (χ3v) is 2.88. The molecule has 0 aliphatic rings. The maximum Gasteiger partial charge on any atom is 0.119 e. The molecule has 0 aliphatic heterocycles. The second-order valence-corrected chi connectivity index (χ2v) is 4.39. The molecule has 0 fully saturated rings. The minimum Gasteiger partial charge on any atom is -0.491 e. The van der Waals surface area contributed by atoms with E-state index in [2.05, 4.69) is 4.98 Å². The molecule has 2 aromatic rings. The summed E-state index contributed by atoms with van der Waals surface area (Å²) >= 11 is 1.55. The van der Waals surface area contributed by atoms with E-state index < -0.39 is 6.10 Å². The molecular formula is C12H13NO2S. The summed E-state index contributed by atoms with van der Waals surface area (Å²) in [6.45, 7) is 0.295. The monoisotopic (exact) mass is 235 g/mol. The molecule has 1 heterocycles. The quantitative estimate of drug-likeness (QED) is 0.863. The molecule has 1 atom stereocenters. The van der Waals surface area contributed by atoms with Crippen LogP contribution >= 0.6 is 11.3 Å². The summed E-state index contributed by atoms with van der Waals surface area (Å²) in [5.74, 6) is 0.778. The van der Waals surface area contributed by atoms with Crippen LogP contribution in [0.3, 0.4) is 0 Å². The summed E-state index contributed by atoms with van der Waals surface area (Å²) < 4.78 is 5.44. The van der Waals surface area contributed by atoms with Gasteiger partial charge in [0.2, 0.25) is 0 Å².